The predicted molar refractivity (Wildman–Crippen MR) is 58.8 cm³/mol. The maximum Gasteiger partial charge on any atom is 0.332 e. The number of carboxylic acids is 1. The van der Waals surface area contributed by atoms with Crippen molar-refractivity contribution in [2.75, 3.05) is 13.7 Å². The Kier molecular flexibility index (Phi) is 4.47. The number of carbonyl (C=O) groups excluding carboxylic acids is 1. The summed E-state index contributed by atoms with van der Waals surface area (Å²) in [6, 6.07) is 5.08. The minimum absolute atomic E-state index is 0.290. The molecule has 0 saturated carbocycles. The Bertz CT molecular complexity index is 430. The Labute approximate surface area is 98.1 Å². The fourth-order valence-electron chi connectivity index (χ4n) is 1.22. The fourth-order valence-corrected chi connectivity index (χ4v) is 1.22. The number of methoxy groups -OCH3 is 1. The highest BCUT2D eigenvalue weighted by Gasteiger charge is 2.12. The van der Waals surface area contributed by atoms with Gasteiger partial charge in [0.1, 0.15) is 5.75 Å². The van der Waals surface area contributed by atoms with Gasteiger partial charge in [0.05, 0.1) is 12.7 Å². The van der Waals surface area contributed by atoms with E-state index >= 15 is 0 Å². The van der Waals surface area contributed by atoms with Gasteiger partial charge in [-0.1, -0.05) is 11.6 Å². The van der Waals surface area contributed by atoms with Gasteiger partial charge in [-0.15, -0.1) is 0 Å². The average Bonchev–Trinajstić information content (AvgIpc) is 2.28. The summed E-state index contributed by atoms with van der Waals surface area (Å²) < 4.78 is 5.02. The van der Waals surface area contributed by atoms with Crippen LogP contribution in [0.15, 0.2) is 18.2 Å². The van der Waals surface area contributed by atoms with Gasteiger partial charge in [-0.3, -0.25) is 9.63 Å². The molecule has 0 saturated heterocycles. The van der Waals surface area contributed by atoms with Crippen LogP contribution < -0.4 is 10.2 Å². The number of nitrogens with one attached hydrogen (secondary N) is 1. The first-order valence-electron chi connectivity index (χ1n) is 4.83. The van der Waals surface area contributed by atoms with Gasteiger partial charge in [-0.25, -0.2) is 10.3 Å². The topological polar surface area (TPSA) is 84.9 Å². The van der Waals surface area contributed by atoms with Crippen LogP contribution in [0, 0.1) is 6.92 Å². The average molecular weight is 239 g/mol. The SMILES string of the molecule is COc1ccc(C)cc1C(=O)NOCC(=O)O. The number of hydrogen-bond acceptors (Lipinski definition) is 4. The number of aliphatic carboxylic acids is 1. The third kappa shape index (κ3) is 3.76. The van der Waals surface area contributed by atoms with Crippen LogP contribution in [-0.4, -0.2) is 30.7 Å². The summed E-state index contributed by atoms with van der Waals surface area (Å²) in [4.78, 5) is 26.3. The number of aryl methyl sites for hydroxylation is 1. The summed E-state index contributed by atoms with van der Waals surface area (Å²) in [5, 5.41) is 8.34. The second-order valence-corrected chi connectivity index (χ2v) is 3.32. The molecule has 0 bridgehead atoms. The minimum atomic E-state index is -1.17. The lowest BCUT2D eigenvalue weighted by Gasteiger charge is -2.09. The van der Waals surface area contributed by atoms with Crippen LogP contribution in [0.2, 0.25) is 0 Å². The van der Waals surface area contributed by atoms with Crippen molar-refractivity contribution < 1.29 is 24.3 Å². The van der Waals surface area contributed by atoms with Gasteiger partial charge in [-0.05, 0) is 19.1 Å². The lowest BCUT2D eigenvalue weighted by molar-refractivity contribution is -0.144. The van der Waals surface area contributed by atoms with E-state index in [1.54, 1.807) is 18.2 Å². The number of benzene rings is 1. The van der Waals surface area contributed by atoms with Crippen LogP contribution in [-0.2, 0) is 9.63 Å². The molecule has 1 amide bonds. The van der Waals surface area contributed by atoms with Gasteiger partial charge in [0.15, 0.2) is 6.61 Å². The van der Waals surface area contributed by atoms with Crippen molar-refractivity contribution in [1.82, 2.24) is 5.48 Å². The first kappa shape index (κ1) is 13.0. The number of hydroxylamine groups is 1. The Morgan fingerprint density at radius 2 is 2.12 bits per heavy atom. The first-order valence-corrected chi connectivity index (χ1v) is 4.83. The van der Waals surface area contributed by atoms with Crippen molar-refractivity contribution in [3.63, 3.8) is 0 Å². The molecular formula is C11H13NO5. The number of ether oxygens (including phenoxy) is 1. The van der Waals surface area contributed by atoms with Crippen LogP contribution in [0.3, 0.4) is 0 Å². The van der Waals surface area contributed by atoms with E-state index in [9.17, 15) is 9.59 Å². The molecule has 92 valence electrons. The van der Waals surface area contributed by atoms with Crippen molar-refractivity contribution in [2.24, 2.45) is 0 Å². The third-order valence-electron chi connectivity index (χ3n) is 1.96. The van der Waals surface area contributed by atoms with Gasteiger partial charge in [0, 0.05) is 0 Å². The molecule has 2 N–H and O–H groups in total. The third-order valence-corrected chi connectivity index (χ3v) is 1.96. The molecule has 0 aliphatic rings. The zero-order valence-corrected chi connectivity index (χ0v) is 9.52. The first-order chi connectivity index (χ1) is 8.04. The molecule has 0 atom stereocenters. The Hall–Kier alpha value is -2.08. The smallest absolute Gasteiger partial charge is 0.332 e. The molecule has 17 heavy (non-hydrogen) atoms. The molecule has 0 fully saturated rings. The summed E-state index contributed by atoms with van der Waals surface area (Å²) in [6.07, 6.45) is 0. The highest BCUT2D eigenvalue weighted by atomic mass is 16.7. The van der Waals surface area contributed by atoms with Crippen molar-refractivity contribution in [3.8, 4) is 5.75 Å². The minimum Gasteiger partial charge on any atom is -0.496 e. The summed E-state index contributed by atoms with van der Waals surface area (Å²) in [6.45, 7) is 1.23. The van der Waals surface area contributed by atoms with Crippen molar-refractivity contribution in [2.45, 2.75) is 6.92 Å². The van der Waals surface area contributed by atoms with Gasteiger partial charge < -0.3 is 9.84 Å². The lowest BCUT2D eigenvalue weighted by atomic mass is 10.1. The summed E-state index contributed by atoms with van der Waals surface area (Å²) in [5.74, 6) is -1.32. The zero-order chi connectivity index (χ0) is 12.8. The highest BCUT2D eigenvalue weighted by Crippen LogP contribution is 2.19. The molecule has 0 heterocycles. The van der Waals surface area contributed by atoms with E-state index in [4.69, 9.17) is 9.84 Å². The summed E-state index contributed by atoms with van der Waals surface area (Å²) >= 11 is 0. The number of rotatable bonds is 5. The van der Waals surface area contributed by atoms with Gasteiger partial charge in [0.2, 0.25) is 0 Å². The molecule has 0 unspecified atom stereocenters. The zero-order valence-electron chi connectivity index (χ0n) is 9.52. The second kappa shape index (κ2) is 5.86. The summed E-state index contributed by atoms with van der Waals surface area (Å²) in [5.41, 5.74) is 3.21. The maximum atomic E-state index is 11.6. The quantitative estimate of drug-likeness (QED) is 0.740. The van der Waals surface area contributed by atoms with Crippen molar-refractivity contribution in [1.29, 1.82) is 0 Å². The Morgan fingerprint density at radius 1 is 1.41 bits per heavy atom. The van der Waals surface area contributed by atoms with Crippen LogP contribution in [0.1, 0.15) is 15.9 Å². The molecule has 1 rings (SSSR count). The predicted octanol–water partition coefficient (Wildman–Crippen LogP) is 0.750. The Balaban J connectivity index is 2.73. The lowest BCUT2D eigenvalue weighted by Crippen LogP contribution is -2.27. The molecule has 1 aromatic carbocycles. The molecule has 0 aliphatic carbocycles. The molecule has 0 radical (unpaired) electrons. The number of carboxylic acid groups (broad SMARTS) is 1. The largest absolute Gasteiger partial charge is 0.496 e. The normalized spacial score (nSPS) is 9.76. The molecule has 0 aliphatic heterocycles. The van der Waals surface area contributed by atoms with E-state index in [1.807, 2.05) is 12.4 Å². The fraction of sp³-hybridized carbons (Fsp3) is 0.273. The van der Waals surface area contributed by atoms with Crippen LogP contribution >= 0.6 is 0 Å². The van der Waals surface area contributed by atoms with E-state index in [1.165, 1.54) is 7.11 Å². The monoisotopic (exact) mass is 239 g/mol. The van der Waals surface area contributed by atoms with E-state index < -0.39 is 18.5 Å². The summed E-state index contributed by atoms with van der Waals surface area (Å²) in [7, 11) is 1.44. The number of amides is 1. The van der Waals surface area contributed by atoms with E-state index in [2.05, 4.69) is 4.84 Å². The molecule has 1 aromatic rings. The van der Waals surface area contributed by atoms with Crippen molar-refractivity contribution in [3.05, 3.63) is 29.3 Å². The molecule has 6 nitrogen and oxygen atoms in total. The van der Waals surface area contributed by atoms with Crippen LogP contribution in [0.25, 0.3) is 0 Å². The molecule has 6 heteroatoms. The molecule has 0 aromatic heterocycles. The van der Waals surface area contributed by atoms with E-state index in [0.717, 1.165) is 5.56 Å². The van der Waals surface area contributed by atoms with Crippen molar-refractivity contribution >= 4 is 11.9 Å². The Morgan fingerprint density at radius 3 is 2.71 bits per heavy atom. The maximum absolute atomic E-state index is 11.6. The van der Waals surface area contributed by atoms with E-state index in [0.29, 0.717) is 5.75 Å². The van der Waals surface area contributed by atoms with E-state index in [-0.39, 0.29) is 5.56 Å². The van der Waals surface area contributed by atoms with Gasteiger partial charge in [0.25, 0.3) is 5.91 Å². The number of hydrogen-bond donors (Lipinski definition) is 2. The van der Waals surface area contributed by atoms with Gasteiger partial charge in [-0.2, -0.15) is 0 Å². The number of carbonyl (C=O) groups is 2. The molecular weight excluding hydrogens is 226 g/mol. The highest BCUT2D eigenvalue weighted by molar-refractivity contribution is 5.96. The standard InChI is InChI=1S/C11H13NO5/c1-7-3-4-9(16-2)8(5-7)11(15)12-17-6-10(13)14/h3-5H,6H2,1-2H3,(H,12,15)(H,13,14). The van der Waals surface area contributed by atoms with Crippen LogP contribution in [0.4, 0.5) is 0 Å². The van der Waals surface area contributed by atoms with Crippen LogP contribution in [0.5, 0.6) is 5.75 Å². The molecule has 0 spiro atoms. The van der Waals surface area contributed by atoms with Gasteiger partial charge >= 0.3 is 5.97 Å². The second-order valence-electron chi connectivity index (χ2n) is 3.32.